The van der Waals surface area contributed by atoms with Crippen LogP contribution in [-0.2, 0) is 4.74 Å². The fraction of sp³-hybridized carbons (Fsp3) is 0.348. The fourth-order valence-corrected chi connectivity index (χ4v) is 4.30. The van der Waals surface area contributed by atoms with Crippen molar-refractivity contribution in [1.29, 1.82) is 5.26 Å². The minimum Gasteiger partial charge on any atom is -0.444 e. The number of nitrogens with zero attached hydrogens (tertiary/aromatic N) is 2. The first kappa shape index (κ1) is 18.2. The van der Waals surface area contributed by atoms with Gasteiger partial charge in [-0.2, -0.15) is 5.26 Å². The predicted octanol–water partition coefficient (Wildman–Crippen LogP) is 4.40. The van der Waals surface area contributed by atoms with E-state index in [1.807, 2.05) is 42.5 Å². The molecule has 1 saturated carbocycles. The van der Waals surface area contributed by atoms with Gasteiger partial charge in [0.25, 0.3) is 0 Å². The number of nitriles is 1. The highest BCUT2D eigenvalue weighted by molar-refractivity contribution is 5.71. The van der Waals surface area contributed by atoms with E-state index in [0.29, 0.717) is 17.4 Å². The monoisotopic (exact) mass is 373 g/mol. The molecule has 1 aromatic carbocycles. The number of alkyl carbamates (subject to hydrolysis) is 1. The van der Waals surface area contributed by atoms with Crippen molar-refractivity contribution in [3.63, 3.8) is 0 Å². The summed E-state index contributed by atoms with van der Waals surface area (Å²) in [5.41, 5.74) is 3.30. The SMILES string of the molecule is C[C@H]1C[C@H]2OC(=O)NC2C(/C=C/c2ccc(-c3ccccc3C#N)cn2)[C@@H]1C. The van der Waals surface area contributed by atoms with Crippen LogP contribution in [0.15, 0.2) is 48.7 Å². The third kappa shape index (κ3) is 3.38. The Kier molecular flexibility index (Phi) is 4.87. The van der Waals surface area contributed by atoms with Crippen molar-refractivity contribution < 1.29 is 9.53 Å². The van der Waals surface area contributed by atoms with Crippen LogP contribution in [0, 0.1) is 29.1 Å². The summed E-state index contributed by atoms with van der Waals surface area (Å²) in [6.07, 6.45) is 6.50. The number of pyridine rings is 1. The lowest BCUT2D eigenvalue weighted by molar-refractivity contribution is 0.0575. The highest BCUT2D eigenvalue weighted by Gasteiger charge is 2.46. The van der Waals surface area contributed by atoms with Crippen LogP contribution >= 0.6 is 0 Å². The van der Waals surface area contributed by atoms with Gasteiger partial charge in [-0.25, -0.2) is 4.79 Å². The van der Waals surface area contributed by atoms with Gasteiger partial charge in [-0.05, 0) is 36.5 Å². The van der Waals surface area contributed by atoms with Crippen LogP contribution in [-0.4, -0.2) is 23.2 Å². The summed E-state index contributed by atoms with van der Waals surface area (Å²) in [5, 5.41) is 12.3. The average molecular weight is 373 g/mol. The molecule has 5 atom stereocenters. The van der Waals surface area contributed by atoms with Crippen molar-refractivity contribution in [2.75, 3.05) is 0 Å². The molecule has 5 nitrogen and oxygen atoms in total. The van der Waals surface area contributed by atoms with Crippen molar-refractivity contribution in [2.45, 2.75) is 32.4 Å². The van der Waals surface area contributed by atoms with Gasteiger partial charge in [-0.15, -0.1) is 0 Å². The number of rotatable bonds is 3. The Balaban J connectivity index is 1.54. The first-order valence-electron chi connectivity index (χ1n) is 9.67. The number of fused-ring (bicyclic) bond motifs is 1. The first-order valence-corrected chi connectivity index (χ1v) is 9.67. The van der Waals surface area contributed by atoms with E-state index in [0.717, 1.165) is 23.2 Å². The lowest BCUT2D eigenvalue weighted by Gasteiger charge is -2.39. The van der Waals surface area contributed by atoms with E-state index in [-0.39, 0.29) is 24.2 Å². The zero-order valence-electron chi connectivity index (χ0n) is 16.0. The second kappa shape index (κ2) is 7.47. The number of nitrogens with one attached hydrogen (secondary N) is 1. The van der Waals surface area contributed by atoms with Crippen LogP contribution in [0.3, 0.4) is 0 Å². The van der Waals surface area contributed by atoms with Gasteiger partial charge in [0, 0.05) is 23.2 Å². The molecule has 2 unspecified atom stereocenters. The Bertz CT molecular complexity index is 945. The number of aromatic nitrogens is 1. The van der Waals surface area contributed by atoms with E-state index in [2.05, 4.69) is 36.3 Å². The molecule has 1 saturated heterocycles. The largest absolute Gasteiger partial charge is 0.444 e. The van der Waals surface area contributed by atoms with Crippen molar-refractivity contribution >= 4 is 12.2 Å². The first-order chi connectivity index (χ1) is 13.6. The highest BCUT2D eigenvalue weighted by atomic mass is 16.6. The zero-order valence-corrected chi connectivity index (χ0v) is 16.0. The number of hydrogen-bond acceptors (Lipinski definition) is 4. The number of hydrogen-bond donors (Lipinski definition) is 1. The molecular formula is C23H23N3O2. The molecule has 5 heteroatoms. The standard InChI is InChI=1S/C23H23N3O2/c1-14-11-21-22(26-23(27)28-21)19(15(14)2)10-9-18-8-7-17(13-25-18)20-6-4-3-5-16(20)12-24/h3-10,13-15,19,21-22H,11H2,1-2H3,(H,26,27)/b10-9+/t14-,15+,19?,21+,22?/m0/s1. The van der Waals surface area contributed by atoms with Crippen LogP contribution in [0.5, 0.6) is 0 Å². The summed E-state index contributed by atoms with van der Waals surface area (Å²) >= 11 is 0. The number of carbonyl (C=O) groups is 1. The predicted molar refractivity (Wildman–Crippen MR) is 107 cm³/mol. The smallest absolute Gasteiger partial charge is 0.407 e. The maximum Gasteiger partial charge on any atom is 0.407 e. The average Bonchev–Trinajstić information content (AvgIpc) is 3.08. The molecule has 2 aromatic rings. The maximum absolute atomic E-state index is 11.7. The molecule has 1 N–H and O–H groups in total. The summed E-state index contributed by atoms with van der Waals surface area (Å²) in [7, 11) is 0. The van der Waals surface area contributed by atoms with Gasteiger partial charge >= 0.3 is 6.09 Å². The van der Waals surface area contributed by atoms with Crippen molar-refractivity contribution in [3.8, 4) is 17.2 Å². The molecule has 2 heterocycles. The van der Waals surface area contributed by atoms with Gasteiger partial charge in [-0.3, -0.25) is 4.98 Å². The number of benzene rings is 1. The number of amides is 1. The van der Waals surface area contributed by atoms with Gasteiger partial charge in [0.15, 0.2) is 0 Å². The molecule has 28 heavy (non-hydrogen) atoms. The Morgan fingerprint density at radius 3 is 2.82 bits per heavy atom. The Labute approximate surface area is 165 Å². The van der Waals surface area contributed by atoms with Crippen LogP contribution in [0.25, 0.3) is 17.2 Å². The molecule has 0 radical (unpaired) electrons. The second-order valence-corrected chi connectivity index (χ2v) is 7.75. The van der Waals surface area contributed by atoms with Gasteiger partial charge in [-0.1, -0.05) is 44.2 Å². The molecule has 2 aliphatic rings. The van der Waals surface area contributed by atoms with Crippen LogP contribution in [0.2, 0.25) is 0 Å². The van der Waals surface area contributed by atoms with E-state index in [9.17, 15) is 10.1 Å². The number of carbonyl (C=O) groups excluding carboxylic acids is 1. The van der Waals surface area contributed by atoms with E-state index in [1.54, 1.807) is 6.20 Å². The molecule has 1 aliphatic carbocycles. The van der Waals surface area contributed by atoms with Crippen LogP contribution in [0.1, 0.15) is 31.5 Å². The maximum atomic E-state index is 11.7. The Morgan fingerprint density at radius 2 is 2.07 bits per heavy atom. The summed E-state index contributed by atoms with van der Waals surface area (Å²) in [4.78, 5) is 16.2. The summed E-state index contributed by atoms with van der Waals surface area (Å²) < 4.78 is 5.43. The van der Waals surface area contributed by atoms with E-state index in [1.165, 1.54) is 0 Å². The van der Waals surface area contributed by atoms with Crippen molar-refractivity contribution in [2.24, 2.45) is 17.8 Å². The van der Waals surface area contributed by atoms with Crippen molar-refractivity contribution in [3.05, 3.63) is 59.9 Å². The molecule has 0 bridgehead atoms. The van der Waals surface area contributed by atoms with E-state index < -0.39 is 0 Å². The van der Waals surface area contributed by atoms with Gasteiger partial charge in [0.05, 0.1) is 23.4 Å². The third-order valence-electron chi connectivity index (χ3n) is 6.10. The minimum absolute atomic E-state index is 0.0247. The molecule has 1 amide bonds. The second-order valence-electron chi connectivity index (χ2n) is 7.75. The van der Waals surface area contributed by atoms with Gasteiger partial charge < -0.3 is 10.1 Å². The number of ether oxygens (including phenoxy) is 1. The molecule has 4 rings (SSSR count). The van der Waals surface area contributed by atoms with Crippen LogP contribution < -0.4 is 5.32 Å². The Hall–Kier alpha value is -3.13. The van der Waals surface area contributed by atoms with E-state index >= 15 is 0 Å². The quantitative estimate of drug-likeness (QED) is 0.865. The third-order valence-corrected chi connectivity index (χ3v) is 6.10. The topological polar surface area (TPSA) is 75.0 Å². The molecular weight excluding hydrogens is 350 g/mol. The van der Waals surface area contributed by atoms with Crippen molar-refractivity contribution in [1.82, 2.24) is 10.3 Å². The molecule has 2 fully saturated rings. The normalized spacial score (nSPS) is 29.0. The van der Waals surface area contributed by atoms with Gasteiger partial charge in [0.2, 0.25) is 0 Å². The lowest BCUT2D eigenvalue weighted by Crippen LogP contribution is -2.47. The fourth-order valence-electron chi connectivity index (χ4n) is 4.30. The summed E-state index contributed by atoms with van der Waals surface area (Å²) in [6.45, 7) is 4.45. The summed E-state index contributed by atoms with van der Waals surface area (Å²) in [5.74, 6) is 1.14. The molecule has 142 valence electrons. The van der Waals surface area contributed by atoms with Crippen LogP contribution in [0.4, 0.5) is 4.79 Å². The molecule has 0 spiro atoms. The van der Waals surface area contributed by atoms with E-state index in [4.69, 9.17) is 4.74 Å². The summed E-state index contributed by atoms with van der Waals surface area (Å²) in [6, 6.07) is 13.7. The minimum atomic E-state index is -0.312. The Morgan fingerprint density at radius 1 is 1.25 bits per heavy atom. The highest BCUT2D eigenvalue weighted by Crippen LogP contribution is 2.39. The molecule has 1 aromatic heterocycles. The zero-order chi connectivity index (χ0) is 19.7. The molecule has 1 aliphatic heterocycles. The van der Waals surface area contributed by atoms with Gasteiger partial charge in [0.1, 0.15) is 6.10 Å². The lowest BCUT2D eigenvalue weighted by atomic mass is 9.70.